The van der Waals surface area contributed by atoms with E-state index in [0.29, 0.717) is 0 Å². The molecule has 0 amide bonds. The molecule has 34 heavy (non-hydrogen) atoms. The topological polar surface area (TPSA) is 18.5 Å². The summed E-state index contributed by atoms with van der Waals surface area (Å²) in [6.07, 6.45) is 12.0. The number of rotatable bonds is 7. The van der Waals surface area contributed by atoms with E-state index < -0.39 is 16.6 Å². The van der Waals surface area contributed by atoms with E-state index in [1.807, 2.05) is 48.5 Å². The molecule has 0 radical (unpaired) electrons. The van der Waals surface area contributed by atoms with E-state index >= 15 is 0 Å². The molecule has 0 saturated heterocycles. The fraction of sp³-hybridized carbons (Fsp3) is 0.467. The monoisotopic (exact) mass is 490 g/mol. The van der Waals surface area contributed by atoms with Crippen LogP contribution < -0.4 is 8.85 Å². The van der Waals surface area contributed by atoms with E-state index in [2.05, 4.69) is 79.6 Å². The van der Waals surface area contributed by atoms with Crippen molar-refractivity contribution in [2.45, 2.75) is 89.6 Å². The number of terminal acetylenes is 2. The molecule has 0 unspecified atom stereocenters. The predicted molar refractivity (Wildman–Crippen MR) is 152 cm³/mol. The summed E-state index contributed by atoms with van der Waals surface area (Å²) in [7, 11) is -3.79. The van der Waals surface area contributed by atoms with Crippen molar-refractivity contribution >= 4 is 16.6 Å². The molecule has 0 spiro atoms. The average Bonchev–Trinajstić information content (AvgIpc) is 2.71. The number of hydrogen-bond donors (Lipinski definition) is 0. The first kappa shape index (κ1) is 27.8. The average molecular weight is 491 g/mol. The van der Waals surface area contributed by atoms with Crippen LogP contribution in [0.3, 0.4) is 0 Å². The van der Waals surface area contributed by atoms with Crippen molar-refractivity contribution in [3.63, 3.8) is 0 Å². The first-order chi connectivity index (χ1) is 15.5. The molecule has 182 valence electrons. The molecule has 0 aliphatic carbocycles. The molecule has 2 rings (SSSR count). The molecule has 0 aliphatic rings. The lowest BCUT2D eigenvalue weighted by Gasteiger charge is -2.36. The van der Waals surface area contributed by atoms with Gasteiger partial charge in [0.2, 0.25) is 16.6 Å². The van der Waals surface area contributed by atoms with Crippen molar-refractivity contribution in [1.82, 2.24) is 0 Å². The summed E-state index contributed by atoms with van der Waals surface area (Å²) < 4.78 is 12.8. The molecule has 4 heteroatoms. The summed E-state index contributed by atoms with van der Waals surface area (Å²) in [5.74, 6) is 7.19. The summed E-state index contributed by atoms with van der Waals surface area (Å²) in [6, 6.07) is 16.3. The lowest BCUT2D eigenvalue weighted by molar-refractivity contribution is 0.491. The molecule has 2 aromatic carbocycles. The quantitative estimate of drug-likeness (QED) is 0.286. The van der Waals surface area contributed by atoms with E-state index in [0.717, 1.165) is 22.6 Å². The maximum atomic E-state index is 6.42. The molecular formula is C30H42O2Si2. The Labute approximate surface area is 210 Å². The third kappa shape index (κ3) is 6.38. The zero-order valence-electron chi connectivity index (χ0n) is 22.7. The minimum atomic E-state index is -1.90. The standard InChI is InChI=1S/C30H42O2Si2/c1-13-27(23-15-19-25(20-16-23)31-33(9,10)29(3,4)5)28(14-2)24-17-21-26(22-18-24)32-34(11,12)30(6,7)8/h1-2,15-22,27-28H,3-12H3/t27-,28-/m1/s1. The van der Waals surface area contributed by atoms with Gasteiger partial charge in [-0.15, -0.1) is 12.8 Å². The van der Waals surface area contributed by atoms with Gasteiger partial charge in [-0.25, -0.2) is 0 Å². The fourth-order valence-electron chi connectivity index (χ4n) is 3.15. The predicted octanol–water partition coefficient (Wildman–Crippen LogP) is 8.59. The molecule has 0 N–H and O–H groups in total. The minimum Gasteiger partial charge on any atom is -0.544 e. The molecule has 0 bridgehead atoms. The highest BCUT2D eigenvalue weighted by atomic mass is 28.4. The van der Waals surface area contributed by atoms with Gasteiger partial charge in [0.1, 0.15) is 11.5 Å². The summed E-state index contributed by atoms with van der Waals surface area (Å²) in [5, 5.41) is 0.282. The van der Waals surface area contributed by atoms with Crippen LogP contribution in [0.4, 0.5) is 0 Å². The van der Waals surface area contributed by atoms with E-state index in [9.17, 15) is 0 Å². The van der Waals surface area contributed by atoms with Crippen molar-refractivity contribution in [3.05, 3.63) is 59.7 Å². The van der Waals surface area contributed by atoms with Crippen LogP contribution in [-0.2, 0) is 0 Å². The van der Waals surface area contributed by atoms with Gasteiger partial charge in [0.15, 0.2) is 0 Å². The molecule has 2 atom stereocenters. The van der Waals surface area contributed by atoms with E-state index in [-0.39, 0.29) is 21.9 Å². The highest BCUT2D eigenvalue weighted by Gasteiger charge is 2.40. The van der Waals surface area contributed by atoms with E-state index in [1.165, 1.54) is 0 Å². The fourth-order valence-corrected chi connectivity index (χ4v) is 5.21. The Morgan fingerprint density at radius 2 is 0.853 bits per heavy atom. The molecule has 2 nitrogen and oxygen atoms in total. The van der Waals surface area contributed by atoms with Gasteiger partial charge in [-0.1, -0.05) is 77.6 Å². The zero-order chi connectivity index (χ0) is 25.9. The molecular weight excluding hydrogens is 449 g/mol. The van der Waals surface area contributed by atoms with Crippen molar-refractivity contribution in [1.29, 1.82) is 0 Å². The van der Waals surface area contributed by atoms with Crippen molar-refractivity contribution < 1.29 is 8.85 Å². The van der Waals surface area contributed by atoms with Crippen molar-refractivity contribution in [3.8, 4) is 36.2 Å². The number of hydrogen-bond acceptors (Lipinski definition) is 2. The Balaban J connectivity index is 2.24. The van der Waals surface area contributed by atoms with Crippen LogP contribution in [0.15, 0.2) is 48.5 Å². The summed E-state index contributed by atoms with van der Waals surface area (Å²) >= 11 is 0. The number of benzene rings is 2. The van der Waals surface area contributed by atoms with Crippen LogP contribution >= 0.6 is 0 Å². The second-order valence-electron chi connectivity index (χ2n) is 12.2. The lowest BCUT2D eigenvalue weighted by atomic mass is 9.82. The van der Waals surface area contributed by atoms with E-state index in [4.69, 9.17) is 21.7 Å². The first-order valence-electron chi connectivity index (χ1n) is 12.0. The highest BCUT2D eigenvalue weighted by Crippen LogP contribution is 2.40. The van der Waals surface area contributed by atoms with Gasteiger partial charge in [-0.05, 0) is 71.7 Å². The molecule has 0 saturated carbocycles. The first-order valence-corrected chi connectivity index (χ1v) is 17.8. The maximum Gasteiger partial charge on any atom is 0.250 e. The summed E-state index contributed by atoms with van der Waals surface area (Å²) in [5.41, 5.74) is 2.05. The Morgan fingerprint density at radius 3 is 1.06 bits per heavy atom. The smallest absolute Gasteiger partial charge is 0.250 e. The van der Waals surface area contributed by atoms with Gasteiger partial charge in [-0.3, -0.25) is 0 Å². The maximum absolute atomic E-state index is 6.42. The minimum absolute atomic E-state index is 0.141. The van der Waals surface area contributed by atoms with Crippen LogP contribution in [0.2, 0.25) is 36.3 Å². The van der Waals surface area contributed by atoms with Crippen LogP contribution in [0, 0.1) is 24.7 Å². The molecule has 2 aromatic rings. The Kier molecular flexibility index (Phi) is 8.24. The molecule has 0 heterocycles. The second-order valence-corrected chi connectivity index (χ2v) is 21.6. The molecule has 0 aliphatic heterocycles. The van der Waals surface area contributed by atoms with Crippen molar-refractivity contribution in [2.24, 2.45) is 0 Å². The van der Waals surface area contributed by atoms with Crippen LogP contribution in [0.25, 0.3) is 0 Å². The third-order valence-corrected chi connectivity index (χ3v) is 16.2. The highest BCUT2D eigenvalue weighted by molar-refractivity contribution is 6.75. The van der Waals surface area contributed by atoms with Gasteiger partial charge >= 0.3 is 0 Å². The van der Waals surface area contributed by atoms with Gasteiger partial charge in [-0.2, -0.15) is 0 Å². The van der Waals surface area contributed by atoms with Crippen LogP contribution in [0.1, 0.15) is 64.5 Å². The lowest BCUT2D eigenvalue weighted by Crippen LogP contribution is -2.43. The summed E-state index contributed by atoms with van der Waals surface area (Å²) in [4.78, 5) is 0. The largest absolute Gasteiger partial charge is 0.544 e. The molecule has 0 fully saturated rings. The zero-order valence-corrected chi connectivity index (χ0v) is 24.7. The SMILES string of the molecule is C#C[C@H](c1ccc(O[Si](C)(C)C(C)(C)C)cc1)[C@H](C#C)c1ccc(O[Si](C)(C)C(C)(C)C)cc1. The van der Waals surface area contributed by atoms with Gasteiger partial charge in [0.25, 0.3) is 0 Å². The Morgan fingerprint density at radius 1 is 0.588 bits per heavy atom. The van der Waals surface area contributed by atoms with E-state index in [1.54, 1.807) is 0 Å². The van der Waals surface area contributed by atoms with Crippen LogP contribution in [-0.4, -0.2) is 16.6 Å². The van der Waals surface area contributed by atoms with Gasteiger partial charge in [0, 0.05) is 0 Å². The Hall–Kier alpha value is -2.41. The normalized spacial score (nSPS) is 14.5. The second kappa shape index (κ2) is 10.1. The third-order valence-electron chi connectivity index (χ3n) is 7.53. The van der Waals surface area contributed by atoms with Crippen LogP contribution in [0.5, 0.6) is 11.5 Å². The van der Waals surface area contributed by atoms with Gasteiger partial charge in [0.05, 0.1) is 11.8 Å². The van der Waals surface area contributed by atoms with Crippen molar-refractivity contribution in [2.75, 3.05) is 0 Å². The Bertz CT molecular complexity index is 950. The van der Waals surface area contributed by atoms with Gasteiger partial charge < -0.3 is 8.85 Å². The summed E-state index contributed by atoms with van der Waals surface area (Å²) in [6.45, 7) is 22.4. The molecule has 0 aromatic heterocycles.